The summed E-state index contributed by atoms with van der Waals surface area (Å²) < 4.78 is 10.2. The van der Waals surface area contributed by atoms with E-state index in [9.17, 15) is 14.4 Å². The average Bonchev–Trinajstić information content (AvgIpc) is 3.51. The predicted molar refractivity (Wildman–Crippen MR) is 214 cm³/mol. The van der Waals surface area contributed by atoms with Crippen LogP contribution in [-0.4, -0.2) is 37.9 Å². The third kappa shape index (κ3) is 7.12. The Morgan fingerprint density at radius 1 is 0.846 bits per heavy atom. The van der Waals surface area contributed by atoms with Crippen molar-refractivity contribution in [2.24, 2.45) is 62.1 Å². The molecule has 0 aromatic rings. The molecule has 0 saturated heterocycles. The van der Waals surface area contributed by atoms with Crippen molar-refractivity contribution in [1.29, 1.82) is 0 Å². The highest BCUT2D eigenvalue weighted by Gasteiger charge is 2.67. The van der Waals surface area contributed by atoms with E-state index in [4.69, 9.17) is 9.47 Å². The third-order valence-corrected chi connectivity index (χ3v) is 15.5. The number of carbonyl (C=O) groups excluding carboxylic acids is 3. The lowest BCUT2D eigenvalue weighted by Gasteiger charge is -2.68. The van der Waals surface area contributed by atoms with Gasteiger partial charge in [-0.3, -0.25) is 4.79 Å². The first-order valence-electron chi connectivity index (χ1n) is 21.1. The van der Waals surface area contributed by atoms with E-state index in [0.29, 0.717) is 41.6 Å². The van der Waals surface area contributed by atoms with Gasteiger partial charge in [0.2, 0.25) is 0 Å². The topological polar surface area (TPSA) is 69.7 Å². The SMILES string of the molecule is C=CC.CC.CC(C)OC(=O)C1(C=O)CC2(C=C(C3=CCC4(C)C(CCC5(C)C6CCC7(C=O)CCC[C@@H]7C6CCC54)C3(C)C)C2)C1.COC(C)C. The second kappa shape index (κ2) is 16.0. The lowest BCUT2D eigenvalue weighted by Crippen LogP contribution is -2.61. The molecule has 0 N–H and O–H groups in total. The van der Waals surface area contributed by atoms with Crippen LogP contribution in [0.4, 0.5) is 0 Å². The Labute approximate surface area is 318 Å². The molecule has 5 saturated carbocycles. The van der Waals surface area contributed by atoms with Gasteiger partial charge in [0.1, 0.15) is 18.0 Å². The minimum Gasteiger partial charge on any atom is -0.462 e. The number of hydrogen-bond acceptors (Lipinski definition) is 5. The van der Waals surface area contributed by atoms with Crippen LogP contribution in [0, 0.1) is 62.1 Å². The van der Waals surface area contributed by atoms with Gasteiger partial charge in [0.25, 0.3) is 0 Å². The Hall–Kier alpha value is -2.01. The maximum atomic E-state index is 12.7. The Morgan fingerprint density at radius 2 is 1.46 bits per heavy atom. The molecule has 7 aliphatic rings. The fourth-order valence-electron chi connectivity index (χ4n) is 13.6. The zero-order valence-electron chi connectivity index (χ0n) is 35.4. The molecule has 7 aliphatic carbocycles. The number of ether oxygens (including phenoxy) is 2. The minimum atomic E-state index is -0.947. The van der Waals surface area contributed by atoms with Gasteiger partial charge < -0.3 is 19.1 Å². The summed E-state index contributed by atoms with van der Waals surface area (Å²) in [5.74, 6) is 3.26. The molecule has 0 aliphatic heterocycles. The molecular weight excluding hydrogens is 645 g/mol. The highest BCUT2D eigenvalue weighted by Crippen LogP contribution is 2.74. The van der Waals surface area contributed by atoms with Gasteiger partial charge in [0, 0.05) is 12.5 Å². The van der Waals surface area contributed by atoms with E-state index < -0.39 is 5.41 Å². The lowest BCUT2D eigenvalue weighted by molar-refractivity contribution is -0.180. The Balaban J connectivity index is 0.000000544. The number of methoxy groups -OCH3 is 1. The molecule has 7 unspecified atom stereocenters. The quantitative estimate of drug-likeness (QED) is 0.118. The van der Waals surface area contributed by atoms with Gasteiger partial charge in [-0.1, -0.05) is 66.2 Å². The number of hydrogen-bond donors (Lipinski definition) is 0. The summed E-state index contributed by atoms with van der Waals surface area (Å²) in [6, 6.07) is 0. The van der Waals surface area contributed by atoms with Crippen molar-refractivity contribution in [1.82, 2.24) is 0 Å². The van der Waals surface area contributed by atoms with E-state index in [1.54, 1.807) is 18.8 Å². The van der Waals surface area contributed by atoms with Crippen molar-refractivity contribution < 1.29 is 23.9 Å². The van der Waals surface area contributed by atoms with Crippen LogP contribution in [0.15, 0.2) is 36.0 Å². The molecule has 5 heteroatoms. The van der Waals surface area contributed by atoms with Crippen LogP contribution in [0.2, 0.25) is 0 Å². The second-order valence-electron chi connectivity index (χ2n) is 19.4. The number of carbonyl (C=O) groups is 3. The van der Waals surface area contributed by atoms with Crippen molar-refractivity contribution in [2.45, 2.75) is 172 Å². The van der Waals surface area contributed by atoms with Gasteiger partial charge in [-0.25, -0.2) is 0 Å². The smallest absolute Gasteiger partial charge is 0.319 e. The molecule has 0 bridgehead atoms. The molecule has 0 aromatic carbocycles. The zero-order chi connectivity index (χ0) is 38.9. The molecule has 294 valence electrons. The normalized spacial score (nSPS) is 41.8. The number of esters is 1. The number of fused-ring (bicyclic) bond motifs is 7. The monoisotopic (exact) mass is 721 g/mol. The Bertz CT molecular complexity index is 1360. The van der Waals surface area contributed by atoms with Crippen molar-refractivity contribution in [3.63, 3.8) is 0 Å². The van der Waals surface area contributed by atoms with Gasteiger partial charge in [0.15, 0.2) is 0 Å². The predicted octanol–water partition coefficient (Wildman–Crippen LogP) is 11.7. The van der Waals surface area contributed by atoms with Gasteiger partial charge in [0.05, 0.1) is 12.2 Å². The first-order valence-corrected chi connectivity index (χ1v) is 21.1. The van der Waals surface area contributed by atoms with Gasteiger partial charge in [-0.15, -0.1) is 6.58 Å². The van der Waals surface area contributed by atoms with Crippen LogP contribution >= 0.6 is 0 Å². The highest BCUT2D eigenvalue weighted by molar-refractivity contribution is 5.95. The van der Waals surface area contributed by atoms with E-state index >= 15 is 0 Å². The molecule has 0 amide bonds. The number of rotatable bonds is 6. The number of aldehydes is 2. The van der Waals surface area contributed by atoms with Gasteiger partial charge in [-0.2, -0.15) is 0 Å². The summed E-state index contributed by atoms with van der Waals surface area (Å²) in [5, 5.41) is 0. The largest absolute Gasteiger partial charge is 0.462 e. The molecular formula is C47H76O5. The molecule has 5 nitrogen and oxygen atoms in total. The molecule has 0 radical (unpaired) electrons. The van der Waals surface area contributed by atoms with Crippen LogP contribution in [0.25, 0.3) is 0 Å². The standard InChI is InChI=1S/C38H54O4.C4H10O.C3H6.C2H6/c1-24(2)42-32(41)38(23-40)20-36(21-38)18-25(19-36)27-11-15-35(6)30(33(27,3)4)13-16-34(5)28-12-17-37(22-39)14-7-8-29(37)26(28)9-10-31(34)35;1-4(2)5-3;1-3-2;1-2/h11,18,22-24,26,28-31H,7-10,12-17,19-21H2,1-6H3;4H,1-3H3;3H,1H2,2H3;1-2H3/t26?,28?,29-,30?,31?,34?,35?,36?,37?,38?;;;/m1.../s1. The van der Waals surface area contributed by atoms with E-state index in [-0.39, 0.29) is 28.3 Å². The van der Waals surface area contributed by atoms with Crippen molar-refractivity contribution in [2.75, 3.05) is 7.11 Å². The lowest BCUT2D eigenvalue weighted by atomic mass is 9.36. The fraction of sp³-hybridized carbons (Fsp3) is 0.809. The van der Waals surface area contributed by atoms with Crippen molar-refractivity contribution in [3.05, 3.63) is 36.0 Å². The average molecular weight is 721 g/mol. The van der Waals surface area contributed by atoms with Crippen LogP contribution in [0.3, 0.4) is 0 Å². The third-order valence-electron chi connectivity index (χ3n) is 15.5. The summed E-state index contributed by atoms with van der Waals surface area (Å²) >= 11 is 0. The zero-order valence-corrected chi connectivity index (χ0v) is 35.4. The molecule has 7 rings (SSSR count). The molecule has 8 atom stereocenters. The molecule has 1 spiro atoms. The van der Waals surface area contributed by atoms with E-state index in [1.807, 2.05) is 48.5 Å². The maximum Gasteiger partial charge on any atom is 0.319 e. The van der Waals surface area contributed by atoms with E-state index in [1.165, 1.54) is 63.2 Å². The number of allylic oxidation sites excluding steroid dienone is 5. The first kappa shape index (κ1) is 42.7. The summed E-state index contributed by atoms with van der Waals surface area (Å²) in [5.41, 5.74) is 2.88. The van der Waals surface area contributed by atoms with Crippen molar-refractivity contribution >= 4 is 18.5 Å². The van der Waals surface area contributed by atoms with Crippen LogP contribution in [0.1, 0.15) is 160 Å². The van der Waals surface area contributed by atoms with Crippen LogP contribution in [0.5, 0.6) is 0 Å². The Morgan fingerprint density at radius 3 is 2.00 bits per heavy atom. The van der Waals surface area contributed by atoms with Crippen molar-refractivity contribution in [3.8, 4) is 0 Å². The van der Waals surface area contributed by atoms with Gasteiger partial charge in [-0.05, 0) is 174 Å². The summed E-state index contributed by atoms with van der Waals surface area (Å²) in [4.78, 5) is 37.1. The minimum absolute atomic E-state index is 0.00432. The molecule has 52 heavy (non-hydrogen) atoms. The van der Waals surface area contributed by atoms with Crippen LogP contribution < -0.4 is 0 Å². The van der Waals surface area contributed by atoms with E-state index in [2.05, 4.69) is 46.4 Å². The molecule has 0 aromatic heterocycles. The molecule has 5 fully saturated rings. The highest BCUT2D eigenvalue weighted by atomic mass is 16.5. The van der Waals surface area contributed by atoms with E-state index in [0.717, 1.165) is 43.3 Å². The first-order chi connectivity index (χ1) is 24.5. The summed E-state index contributed by atoms with van der Waals surface area (Å²) in [6.07, 6.45) is 23.9. The second-order valence-corrected chi connectivity index (χ2v) is 19.4. The molecule has 0 heterocycles. The van der Waals surface area contributed by atoms with Gasteiger partial charge >= 0.3 is 5.97 Å². The Kier molecular flexibility index (Phi) is 13.1. The van der Waals surface area contributed by atoms with Crippen LogP contribution in [-0.2, 0) is 23.9 Å². The fourth-order valence-corrected chi connectivity index (χ4v) is 13.6. The summed E-state index contributed by atoms with van der Waals surface area (Å²) in [6.45, 7) is 27.3. The summed E-state index contributed by atoms with van der Waals surface area (Å²) in [7, 11) is 1.70. The maximum absolute atomic E-state index is 12.7.